The van der Waals surface area contributed by atoms with Crippen molar-refractivity contribution in [3.63, 3.8) is 0 Å². The van der Waals surface area contributed by atoms with E-state index in [2.05, 4.69) is 33.1 Å². The number of carbonyl (C=O) groups excluding carboxylic acids is 2. The fourth-order valence-electron chi connectivity index (χ4n) is 4.15. The fourth-order valence-corrected chi connectivity index (χ4v) is 4.88. The normalized spacial score (nSPS) is 15.7. The molecule has 1 aliphatic heterocycles. The van der Waals surface area contributed by atoms with Gasteiger partial charge in [0, 0.05) is 41.6 Å². The predicted octanol–water partition coefficient (Wildman–Crippen LogP) is 5.04. The second-order valence-electron chi connectivity index (χ2n) is 8.12. The number of aryl methyl sites for hydroxylation is 1. The summed E-state index contributed by atoms with van der Waals surface area (Å²) in [6.45, 7) is 0.692. The first kappa shape index (κ1) is 21.2. The molecule has 4 aromatic rings. The summed E-state index contributed by atoms with van der Waals surface area (Å²) in [6, 6.07) is 17.2. The second-order valence-corrected chi connectivity index (χ2v) is 8.98. The van der Waals surface area contributed by atoms with Crippen molar-refractivity contribution in [3.05, 3.63) is 71.7 Å². The van der Waals surface area contributed by atoms with Crippen LogP contribution in [0.2, 0.25) is 0 Å². The number of ether oxygens (including phenoxy) is 1. The van der Waals surface area contributed by atoms with Crippen LogP contribution < -0.4 is 5.32 Å². The van der Waals surface area contributed by atoms with E-state index in [0.717, 1.165) is 34.1 Å². The molecule has 2 amide bonds. The van der Waals surface area contributed by atoms with E-state index in [1.54, 1.807) is 0 Å². The third kappa shape index (κ3) is 4.47. The molecular formula is C25H24N4O3S. The molecule has 5 rings (SSSR count). The first-order valence-electron chi connectivity index (χ1n) is 10.9. The summed E-state index contributed by atoms with van der Waals surface area (Å²) in [5.74, 6) is -0.233. The van der Waals surface area contributed by atoms with Gasteiger partial charge in [0.15, 0.2) is 5.13 Å². The van der Waals surface area contributed by atoms with Gasteiger partial charge in [-0.1, -0.05) is 36.4 Å². The summed E-state index contributed by atoms with van der Waals surface area (Å²) in [6.07, 6.45) is 2.93. The molecule has 0 bridgehead atoms. The molecule has 1 atom stereocenters. The van der Waals surface area contributed by atoms with Crippen molar-refractivity contribution in [2.75, 3.05) is 11.9 Å². The maximum Gasteiger partial charge on any atom is 0.410 e. The Morgan fingerprint density at radius 1 is 1.18 bits per heavy atom. The predicted molar refractivity (Wildman–Crippen MR) is 129 cm³/mol. The van der Waals surface area contributed by atoms with Crippen molar-refractivity contribution in [2.45, 2.75) is 25.5 Å². The number of rotatable bonds is 5. The van der Waals surface area contributed by atoms with Gasteiger partial charge in [0.05, 0.1) is 5.69 Å². The Morgan fingerprint density at radius 2 is 2.03 bits per heavy atom. The Hall–Kier alpha value is -3.65. The van der Waals surface area contributed by atoms with E-state index in [4.69, 9.17) is 4.74 Å². The minimum atomic E-state index is -0.554. The van der Waals surface area contributed by atoms with Crippen LogP contribution in [0.1, 0.15) is 18.4 Å². The smallest absolute Gasteiger partial charge is 0.410 e. The molecule has 2 aromatic carbocycles. The van der Waals surface area contributed by atoms with Crippen molar-refractivity contribution < 1.29 is 14.3 Å². The lowest BCUT2D eigenvalue weighted by molar-refractivity contribution is -0.120. The number of hydrogen-bond acceptors (Lipinski definition) is 5. The number of amides is 2. The minimum Gasteiger partial charge on any atom is -0.445 e. The molecule has 0 spiro atoms. The Kier molecular flexibility index (Phi) is 5.83. The Morgan fingerprint density at radius 3 is 2.88 bits per heavy atom. The molecule has 0 saturated carbocycles. The molecule has 33 heavy (non-hydrogen) atoms. The van der Waals surface area contributed by atoms with Gasteiger partial charge in [0.25, 0.3) is 0 Å². The van der Waals surface area contributed by atoms with E-state index < -0.39 is 12.1 Å². The van der Waals surface area contributed by atoms with Gasteiger partial charge in [-0.2, -0.15) is 0 Å². The summed E-state index contributed by atoms with van der Waals surface area (Å²) in [5.41, 5.74) is 3.88. The van der Waals surface area contributed by atoms with Crippen LogP contribution >= 0.6 is 11.3 Å². The highest BCUT2D eigenvalue weighted by molar-refractivity contribution is 7.14. The molecule has 1 fully saturated rings. The zero-order valence-corrected chi connectivity index (χ0v) is 19.0. The number of fused-ring (bicyclic) bond motifs is 1. The van der Waals surface area contributed by atoms with Gasteiger partial charge in [0.1, 0.15) is 12.6 Å². The van der Waals surface area contributed by atoms with E-state index in [1.807, 2.05) is 55.0 Å². The lowest BCUT2D eigenvalue weighted by Crippen LogP contribution is -2.43. The standard InChI is InChI=1S/C25H24N4O3S/c1-28-13-11-19-14-18(9-10-21(19)28)20-16-33-24(26-20)27-23(30)22-8-5-12-29(22)25(31)32-15-17-6-3-2-4-7-17/h2-4,6-7,9-11,13-14,16,22H,5,8,12,15H2,1H3,(H,26,27,30)/t22-/m0/s1. The molecule has 1 aliphatic rings. The molecule has 1 N–H and O–H groups in total. The average Bonchev–Trinajstić information content (AvgIpc) is 3.58. The lowest BCUT2D eigenvalue weighted by atomic mass is 10.1. The van der Waals surface area contributed by atoms with E-state index in [1.165, 1.54) is 16.2 Å². The van der Waals surface area contributed by atoms with Gasteiger partial charge in [-0.25, -0.2) is 9.78 Å². The monoisotopic (exact) mass is 460 g/mol. The number of thiazole rings is 1. The Balaban J connectivity index is 1.23. The Labute approximate surface area is 195 Å². The van der Waals surface area contributed by atoms with Gasteiger partial charge in [0.2, 0.25) is 5.91 Å². The highest BCUT2D eigenvalue weighted by Crippen LogP contribution is 2.29. The third-order valence-corrected chi connectivity index (χ3v) is 6.67. The zero-order valence-electron chi connectivity index (χ0n) is 18.2. The number of benzene rings is 2. The van der Waals surface area contributed by atoms with Crippen molar-refractivity contribution in [1.29, 1.82) is 0 Å². The molecule has 168 valence electrons. The topological polar surface area (TPSA) is 76.5 Å². The van der Waals surface area contributed by atoms with Crippen molar-refractivity contribution in [1.82, 2.24) is 14.5 Å². The van der Waals surface area contributed by atoms with Crippen LogP contribution in [0, 0.1) is 0 Å². The number of anilines is 1. The molecule has 2 aromatic heterocycles. The molecule has 8 heteroatoms. The summed E-state index contributed by atoms with van der Waals surface area (Å²) < 4.78 is 7.51. The Bertz CT molecular complexity index is 1300. The van der Waals surface area contributed by atoms with E-state index >= 15 is 0 Å². The van der Waals surface area contributed by atoms with Crippen molar-refractivity contribution in [2.24, 2.45) is 7.05 Å². The molecule has 0 aliphatic carbocycles. The fraction of sp³-hybridized carbons (Fsp3) is 0.240. The van der Waals surface area contributed by atoms with E-state index in [9.17, 15) is 9.59 Å². The van der Waals surface area contributed by atoms with Crippen LogP contribution in [0.3, 0.4) is 0 Å². The molecule has 0 radical (unpaired) electrons. The first-order chi connectivity index (χ1) is 16.1. The lowest BCUT2D eigenvalue weighted by Gasteiger charge is -2.22. The number of carbonyl (C=O) groups is 2. The number of nitrogens with zero attached hydrogens (tertiary/aromatic N) is 3. The molecule has 3 heterocycles. The molecule has 1 saturated heterocycles. The summed E-state index contributed by atoms with van der Waals surface area (Å²) in [5, 5.41) is 6.48. The first-order valence-corrected chi connectivity index (χ1v) is 11.8. The maximum atomic E-state index is 12.9. The van der Waals surface area contributed by atoms with Crippen LogP contribution in [-0.2, 0) is 23.2 Å². The molecular weight excluding hydrogens is 436 g/mol. The van der Waals surface area contributed by atoms with Crippen LogP contribution in [0.5, 0.6) is 0 Å². The quantitative estimate of drug-likeness (QED) is 0.453. The number of nitrogens with one attached hydrogen (secondary N) is 1. The highest BCUT2D eigenvalue weighted by atomic mass is 32.1. The summed E-state index contributed by atoms with van der Waals surface area (Å²) in [4.78, 5) is 31.6. The van der Waals surface area contributed by atoms with E-state index in [0.29, 0.717) is 18.1 Å². The van der Waals surface area contributed by atoms with Crippen LogP contribution in [0.25, 0.3) is 22.2 Å². The number of hydrogen-bond donors (Lipinski definition) is 1. The molecule has 0 unspecified atom stereocenters. The highest BCUT2D eigenvalue weighted by Gasteiger charge is 2.35. The van der Waals surface area contributed by atoms with Gasteiger partial charge in [-0.05, 0) is 36.6 Å². The van der Waals surface area contributed by atoms with Gasteiger partial charge < -0.3 is 14.6 Å². The van der Waals surface area contributed by atoms with E-state index in [-0.39, 0.29) is 12.5 Å². The summed E-state index contributed by atoms with van der Waals surface area (Å²) >= 11 is 1.38. The SMILES string of the molecule is Cn1ccc2cc(-c3csc(NC(=O)[C@@H]4CCCN4C(=O)OCc4ccccc4)n3)ccc21. The zero-order chi connectivity index (χ0) is 22.8. The maximum absolute atomic E-state index is 12.9. The van der Waals surface area contributed by atoms with Gasteiger partial charge >= 0.3 is 6.09 Å². The third-order valence-electron chi connectivity index (χ3n) is 5.91. The van der Waals surface area contributed by atoms with Crippen LogP contribution in [-0.4, -0.2) is 39.0 Å². The number of aromatic nitrogens is 2. The largest absolute Gasteiger partial charge is 0.445 e. The van der Waals surface area contributed by atoms with Gasteiger partial charge in [-0.3, -0.25) is 9.69 Å². The minimum absolute atomic E-state index is 0.187. The average molecular weight is 461 g/mol. The van der Waals surface area contributed by atoms with Crippen LogP contribution in [0.15, 0.2) is 66.2 Å². The number of likely N-dealkylation sites (tertiary alicyclic amines) is 1. The second kappa shape index (κ2) is 9.07. The van der Waals surface area contributed by atoms with Crippen molar-refractivity contribution in [3.8, 4) is 11.3 Å². The van der Waals surface area contributed by atoms with Crippen LogP contribution in [0.4, 0.5) is 9.93 Å². The van der Waals surface area contributed by atoms with Gasteiger partial charge in [-0.15, -0.1) is 11.3 Å². The molecule has 7 nitrogen and oxygen atoms in total. The summed E-state index contributed by atoms with van der Waals surface area (Å²) in [7, 11) is 2.02. The van der Waals surface area contributed by atoms with Crippen molar-refractivity contribution >= 4 is 39.4 Å².